The van der Waals surface area contributed by atoms with E-state index in [1.54, 1.807) is 7.05 Å². The second-order valence-electron chi connectivity index (χ2n) is 5.79. The Morgan fingerprint density at radius 1 is 1.33 bits per heavy atom. The lowest BCUT2D eigenvalue weighted by atomic mass is 9.89. The van der Waals surface area contributed by atoms with Gasteiger partial charge in [0.05, 0.1) is 0 Å². The molecule has 112 valence electrons. The van der Waals surface area contributed by atoms with E-state index in [0.29, 0.717) is 5.92 Å². The average molecular weight is 286 g/mol. The monoisotopic (exact) mass is 286 g/mol. The van der Waals surface area contributed by atoms with E-state index in [2.05, 4.69) is 39.8 Å². The molecular formula is C16H22N4O. The van der Waals surface area contributed by atoms with Crippen LogP contribution in [0.2, 0.25) is 0 Å². The molecule has 2 aromatic rings. The number of rotatable bonds is 2. The number of nitrogens with one attached hydrogen (secondary N) is 3. The molecule has 1 fully saturated rings. The molecule has 2 amide bonds. The molecule has 2 heterocycles. The van der Waals surface area contributed by atoms with Gasteiger partial charge in [0.25, 0.3) is 0 Å². The summed E-state index contributed by atoms with van der Waals surface area (Å²) >= 11 is 0. The number of hydrogen-bond acceptors (Lipinski definition) is 2. The van der Waals surface area contributed by atoms with Crippen LogP contribution in [-0.4, -0.2) is 43.1 Å². The SMILES string of the molecule is CNC(=O)Nc1ccc2[nH]cc(C3CCN(C)CC3)c2c1. The van der Waals surface area contributed by atoms with Crippen LogP contribution in [0.5, 0.6) is 0 Å². The van der Waals surface area contributed by atoms with E-state index in [-0.39, 0.29) is 6.03 Å². The average Bonchev–Trinajstić information content (AvgIpc) is 2.91. The highest BCUT2D eigenvalue weighted by atomic mass is 16.2. The fraction of sp³-hybridized carbons (Fsp3) is 0.438. The molecule has 0 unspecified atom stereocenters. The van der Waals surface area contributed by atoms with Crippen LogP contribution in [0.25, 0.3) is 10.9 Å². The number of nitrogens with zero attached hydrogens (tertiary/aromatic N) is 1. The molecule has 3 N–H and O–H groups in total. The molecule has 0 radical (unpaired) electrons. The van der Waals surface area contributed by atoms with Gasteiger partial charge in [-0.05, 0) is 62.7 Å². The van der Waals surface area contributed by atoms with Gasteiger partial charge in [-0.3, -0.25) is 0 Å². The van der Waals surface area contributed by atoms with Crippen molar-refractivity contribution >= 4 is 22.6 Å². The van der Waals surface area contributed by atoms with Gasteiger partial charge >= 0.3 is 6.03 Å². The number of H-pyrrole nitrogens is 1. The number of benzene rings is 1. The van der Waals surface area contributed by atoms with Crippen LogP contribution < -0.4 is 10.6 Å². The number of aromatic amines is 1. The van der Waals surface area contributed by atoms with Crippen molar-refractivity contribution in [1.29, 1.82) is 0 Å². The minimum absolute atomic E-state index is 0.189. The van der Waals surface area contributed by atoms with Crippen LogP contribution in [0.1, 0.15) is 24.3 Å². The van der Waals surface area contributed by atoms with Gasteiger partial charge in [-0.15, -0.1) is 0 Å². The van der Waals surface area contributed by atoms with Gasteiger partial charge < -0.3 is 20.5 Å². The summed E-state index contributed by atoms with van der Waals surface area (Å²) in [7, 11) is 3.80. The third-order valence-electron chi connectivity index (χ3n) is 4.36. The molecule has 0 saturated carbocycles. The van der Waals surface area contributed by atoms with E-state index in [1.807, 2.05) is 12.1 Å². The first-order valence-corrected chi connectivity index (χ1v) is 7.45. The summed E-state index contributed by atoms with van der Waals surface area (Å²) in [4.78, 5) is 17.2. The van der Waals surface area contributed by atoms with Crippen LogP contribution in [0.15, 0.2) is 24.4 Å². The summed E-state index contributed by atoms with van der Waals surface area (Å²) in [5, 5.41) is 6.63. The van der Waals surface area contributed by atoms with Crippen molar-refractivity contribution in [2.24, 2.45) is 0 Å². The Labute approximate surface area is 124 Å². The van der Waals surface area contributed by atoms with Crippen LogP contribution in [0.4, 0.5) is 10.5 Å². The predicted molar refractivity (Wildman–Crippen MR) is 85.8 cm³/mol. The maximum Gasteiger partial charge on any atom is 0.318 e. The standard InChI is InChI=1S/C16H22N4O/c1-17-16(21)19-12-3-4-15-13(9-12)14(10-18-15)11-5-7-20(2)8-6-11/h3-4,9-11,18H,5-8H2,1-2H3,(H2,17,19,21). The van der Waals surface area contributed by atoms with Crippen molar-refractivity contribution in [3.63, 3.8) is 0 Å². The minimum atomic E-state index is -0.189. The Morgan fingerprint density at radius 2 is 2.10 bits per heavy atom. The lowest BCUT2D eigenvalue weighted by Gasteiger charge is -2.28. The zero-order valence-corrected chi connectivity index (χ0v) is 12.6. The summed E-state index contributed by atoms with van der Waals surface area (Å²) in [6.45, 7) is 2.29. The second-order valence-corrected chi connectivity index (χ2v) is 5.79. The van der Waals surface area contributed by atoms with Crippen molar-refractivity contribution in [3.05, 3.63) is 30.0 Å². The molecule has 1 aliphatic rings. The van der Waals surface area contributed by atoms with Gasteiger partial charge in [-0.25, -0.2) is 4.79 Å². The Hall–Kier alpha value is -2.01. The van der Waals surface area contributed by atoms with Crippen LogP contribution >= 0.6 is 0 Å². The quantitative estimate of drug-likeness (QED) is 0.795. The fourth-order valence-electron chi connectivity index (χ4n) is 3.07. The largest absolute Gasteiger partial charge is 0.361 e. The maximum atomic E-state index is 11.4. The summed E-state index contributed by atoms with van der Waals surface area (Å²) in [6.07, 6.45) is 4.51. The summed E-state index contributed by atoms with van der Waals surface area (Å²) < 4.78 is 0. The molecule has 3 rings (SSSR count). The minimum Gasteiger partial charge on any atom is -0.361 e. The lowest BCUT2D eigenvalue weighted by Crippen LogP contribution is -2.29. The van der Waals surface area contributed by atoms with Crippen molar-refractivity contribution in [1.82, 2.24) is 15.2 Å². The third kappa shape index (κ3) is 2.88. The first-order valence-electron chi connectivity index (χ1n) is 7.45. The normalized spacial score (nSPS) is 17.0. The molecule has 21 heavy (non-hydrogen) atoms. The molecule has 0 spiro atoms. The molecule has 1 aromatic heterocycles. The van der Waals surface area contributed by atoms with E-state index in [4.69, 9.17) is 0 Å². The zero-order valence-electron chi connectivity index (χ0n) is 12.6. The van der Waals surface area contributed by atoms with E-state index >= 15 is 0 Å². The third-order valence-corrected chi connectivity index (χ3v) is 4.36. The highest BCUT2D eigenvalue weighted by molar-refractivity contribution is 5.93. The molecule has 1 aromatic carbocycles. The van der Waals surface area contributed by atoms with Gasteiger partial charge in [0.15, 0.2) is 0 Å². The topological polar surface area (TPSA) is 60.2 Å². The van der Waals surface area contributed by atoms with Crippen molar-refractivity contribution in [2.75, 3.05) is 32.5 Å². The molecular weight excluding hydrogens is 264 g/mol. The molecule has 0 aliphatic carbocycles. The van der Waals surface area contributed by atoms with Crippen molar-refractivity contribution in [2.45, 2.75) is 18.8 Å². The lowest BCUT2D eigenvalue weighted by molar-refractivity contribution is 0.254. The molecule has 1 aliphatic heterocycles. The second kappa shape index (κ2) is 5.77. The van der Waals surface area contributed by atoms with Gasteiger partial charge in [-0.2, -0.15) is 0 Å². The van der Waals surface area contributed by atoms with Crippen LogP contribution in [0.3, 0.4) is 0 Å². The number of aromatic nitrogens is 1. The van der Waals surface area contributed by atoms with Crippen molar-refractivity contribution < 1.29 is 4.79 Å². The fourth-order valence-corrected chi connectivity index (χ4v) is 3.07. The van der Waals surface area contributed by atoms with E-state index in [0.717, 1.165) is 24.3 Å². The number of likely N-dealkylation sites (tertiary alicyclic amines) is 1. The molecule has 5 nitrogen and oxygen atoms in total. The first kappa shape index (κ1) is 13.9. The summed E-state index contributed by atoms with van der Waals surface area (Å²) in [5.74, 6) is 0.602. The number of amides is 2. The highest BCUT2D eigenvalue weighted by Crippen LogP contribution is 2.33. The molecule has 1 saturated heterocycles. The number of hydrogen-bond donors (Lipinski definition) is 3. The summed E-state index contributed by atoms with van der Waals surface area (Å²) in [5.41, 5.74) is 3.33. The number of carbonyl (C=O) groups excluding carboxylic acids is 1. The maximum absolute atomic E-state index is 11.4. The zero-order chi connectivity index (χ0) is 14.8. The number of anilines is 1. The Balaban J connectivity index is 1.88. The number of urea groups is 1. The van der Waals surface area contributed by atoms with Crippen molar-refractivity contribution in [3.8, 4) is 0 Å². The van der Waals surface area contributed by atoms with E-state index in [9.17, 15) is 4.79 Å². The van der Waals surface area contributed by atoms with Crippen LogP contribution in [-0.2, 0) is 0 Å². The van der Waals surface area contributed by atoms with Gasteiger partial charge in [0, 0.05) is 29.8 Å². The number of piperidine rings is 1. The highest BCUT2D eigenvalue weighted by Gasteiger charge is 2.21. The van der Waals surface area contributed by atoms with Crippen LogP contribution in [0, 0.1) is 0 Å². The van der Waals surface area contributed by atoms with Gasteiger partial charge in [0.1, 0.15) is 0 Å². The van der Waals surface area contributed by atoms with E-state index < -0.39 is 0 Å². The number of fused-ring (bicyclic) bond motifs is 1. The Bertz CT molecular complexity index is 641. The Kier molecular flexibility index (Phi) is 3.84. The molecule has 0 atom stereocenters. The first-order chi connectivity index (χ1) is 10.2. The predicted octanol–water partition coefficient (Wildman–Crippen LogP) is 2.73. The summed E-state index contributed by atoms with van der Waals surface area (Å²) in [6, 6.07) is 5.83. The number of carbonyl (C=O) groups is 1. The molecule has 0 bridgehead atoms. The Morgan fingerprint density at radius 3 is 2.81 bits per heavy atom. The smallest absolute Gasteiger partial charge is 0.318 e. The molecule has 5 heteroatoms. The van der Waals surface area contributed by atoms with Gasteiger partial charge in [0.2, 0.25) is 0 Å². The van der Waals surface area contributed by atoms with E-state index in [1.165, 1.54) is 23.8 Å². The van der Waals surface area contributed by atoms with Gasteiger partial charge in [-0.1, -0.05) is 0 Å².